The van der Waals surface area contributed by atoms with E-state index in [0.717, 1.165) is 0 Å². The third-order valence-electron chi connectivity index (χ3n) is 2.00. The number of nitrogens with zero attached hydrogens (tertiary/aromatic N) is 2. The molecule has 90 valence electrons. The van der Waals surface area contributed by atoms with Crippen LogP contribution in [-0.4, -0.2) is 34.8 Å². The summed E-state index contributed by atoms with van der Waals surface area (Å²) >= 11 is 0. The number of nitrogens with two attached hydrogens (primary N) is 1. The Morgan fingerprint density at radius 3 is 2.00 bits per heavy atom. The molecule has 0 fully saturated rings. The number of hydrazine groups is 3. The second-order valence-electron chi connectivity index (χ2n) is 3.87. The van der Waals surface area contributed by atoms with Crippen molar-refractivity contribution in [1.82, 2.24) is 21.0 Å². The van der Waals surface area contributed by atoms with Gasteiger partial charge in [-0.25, -0.2) is 15.6 Å². The van der Waals surface area contributed by atoms with E-state index in [1.165, 1.54) is 0 Å². The number of carbonyl (C=O) groups excluding carboxylic acids is 1. The molecule has 0 aliphatic carbocycles. The highest BCUT2D eigenvalue weighted by atomic mass is 16.2. The number of carbonyl (C=O) groups is 1. The molecule has 0 atom stereocenters. The minimum atomic E-state index is -0.414. The van der Waals surface area contributed by atoms with E-state index in [1.54, 1.807) is 5.12 Å². The summed E-state index contributed by atoms with van der Waals surface area (Å²) in [6, 6.07) is 0.203. The van der Waals surface area contributed by atoms with Gasteiger partial charge < -0.3 is 0 Å². The molecule has 0 aliphatic rings. The van der Waals surface area contributed by atoms with Crippen LogP contribution in [0.15, 0.2) is 0 Å². The topological polar surface area (TPSA) is 73.6 Å². The Labute approximate surface area is 91.7 Å². The Balaban J connectivity index is 4.52. The Bertz CT molecular complexity index is 187. The van der Waals surface area contributed by atoms with E-state index in [4.69, 9.17) is 5.84 Å². The van der Waals surface area contributed by atoms with Crippen LogP contribution in [0, 0.1) is 0 Å². The lowest BCUT2D eigenvalue weighted by molar-refractivity contribution is -0.0987. The Morgan fingerprint density at radius 1 is 1.27 bits per heavy atom. The molecule has 6 nitrogen and oxygen atoms in total. The van der Waals surface area contributed by atoms with E-state index < -0.39 is 6.03 Å². The molecule has 6 heteroatoms. The molecular weight excluding hydrogens is 194 g/mol. The molecule has 0 bridgehead atoms. The lowest BCUT2D eigenvalue weighted by Gasteiger charge is -2.39. The summed E-state index contributed by atoms with van der Waals surface area (Å²) in [5, 5.41) is 3.84. The number of hydrogen-bond donors (Lipinski definition) is 3. The fourth-order valence-electron chi connectivity index (χ4n) is 1.60. The maximum absolute atomic E-state index is 11.1. The van der Waals surface area contributed by atoms with Gasteiger partial charge in [-0.05, 0) is 34.6 Å². The lowest BCUT2D eigenvalue weighted by atomic mass is 10.3. The van der Waals surface area contributed by atoms with Gasteiger partial charge in [0.15, 0.2) is 0 Å². The van der Waals surface area contributed by atoms with Crippen LogP contribution in [0.25, 0.3) is 0 Å². The average Bonchev–Trinajstić information content (AvgIpc) is 2.15. The second-order valence-corrected chi connectivity index (χ2v) is 3.87. The Kier molecular flexibility index (Phi) is 6.23. The number of amides is 2. The Hall–Kier alpha value is -0.850. The highest BCUT2D eigenvalue weighted by Gasteiger charge is 2.21. The molecule has 0 aromatic heterocycles. The SMILES string of the molecule is CCN(NC(=O)NN)N(C(C)C)C(C)C. The van der Waals surface area contributed by atoms with Crippen LogP contribution < -0.4 is 16.7 Å². The summed E-state index contributed by atoms with van der Waals surface area (Å²) in [6.45, 7) is 10.9. The van der Waals surface area contributed by atoms with Crippen LogP contribution in [0.4, 0.5) is 4.79 Å². The van der Waals surface area contributed by atoms with Gasteiger partial charge in [0, 0.05) is 18.6 Å². The van der Waals surface area contributed by atoms with Crippen LogP contribution in [-0.2, 0) is 0 Å². The number of hydrogen-bond acceptors (Lipinski definition) is 4. The Morgan fingerprint density at radius 2 is 1.73 bits per heavy atom. The predicted molar refractivity (Wildman–Crippen MR) is 60.3 cm³/mol. The molecule has 0 unspecified atom stereocenters. The first-order valence-electron chi connectivity index (χ1n) is 5.27. The lowest BCUT2D eigenvalue weighted by Crippen LogP contribution is -2.60. The minimum Gasteiger partial charge on any atom is -0.275 e. The highest BCUT2D eigenvalue weighted by Crippen LogP contribution is 2.07. The second kappa shape index (κ2) is 6.60. The summed E-state index contributed by atoms with van der Waals surface area (Å²) in [6.07, 6.45) is 0. The van der Waals surface area contributed by atoms with Crippen LogP contribution in [0.2, 0.25) is 0 Å². The van der Waals surface area contributed by atoms with E-state index in [0.29, 0.717) is 18.6 Å². The van der Waals surface area contributed by atoms with Crippen LogP contribution in [0.3, 0.4) is 0 Å². The van der Waals surface area contributed by atoms with Gasteiger partial charge in [0.1, 0.15) is 0 Å². The predicted octanol–water partition coefficient (Wildman–Crippen LogP) is 0.430. The van der Waals surface area contributed by atoms with Gasteiger partial charge >= 0.3 is 6.03 Å². The van der Waals surface area contributed by atoms with E-state index in [2.05, 4.69) is 38.1 Å². The van der Waals surface area contributed by atoms with Crippen molar-refractivity contribution in [2.45, 2.75) is 46.7 Å². The molecule has 0 aromatic carbocycles. The van der Waals surface area contributed by atoms with E-state index in [1.807, 2.05) is 12.3 Å². The molecule has 0 radical (unpaired) electrons. The van der Waals surface area contributed by atoms with Gasteiger partial charge in [-0.3, -0.25) is 10.9 Å². The van der Waals surface area contributed by atoms with Gasteiger partial charge in [-0.15, -0.1) is 0 Å². The van der Waals surface area contributed by atoms with Crippen molar-refractivity contribution in [3.05, 3.63) is 0 Å². The standard InChI is InChI=1S/C9H23N5O/c1-6-13(12-9(15)11-10)14(7(2)3)8(4)5/h7-8H,6,10H2,1-5H3,(H2,11,12,15). The van der Waals surface area contributed by atoms with Crippen molar-refractivity contribution >= 4 is 6.03 Å². The van der Waals surface area contributed by atoms with Crippen molar-refractivity contribution in [2.75, 3.05) is 6.54 Å². The van der Waals surface area contributed by atoms with Gasteiger partial charge in [0.2, 0.25) is 0 Å². The molecular formula is C9H23N5O. The molecule has 0 heterocycles. The monoisotopic (exact) mass is 217 g/mol. The normalized spacial score (nSPS) is 11.6. The first-order chi connectivity index (χ1) is 6.93. The zero-order chi connectivity index (χ0) is 12.0. The molecule has 0 rings (SSSR count). The highest BCUT2D eigenvalue weighted by molar-refractivity contribution is 5.72. The summed E-state index contributed by atoms with van der Waals surface area (Å²) in [7, 11) is 0. The summed E-state index contributed by atoms with van der Waals surface area (Å²) in [5.74, 6) is 5.02. The van der Waals surface area contributed by atoms with Gasteiger partial charge in [0.05, 0.1) is 0 Å². The molecule has 4 N–H and O–H groups in total. The summed E-state index contributed by atoms with van der Waals surface area (Å²) < 4.78 is 0. The van der Waals surface area contributed by atoms with Crippen molar-refractivity contribution in [2.24, 2.45) is 5.84 Å². The fourth-order valence-corrected chi connectivity index (χ4v) is 1.60. The smallest absolute Gasteiger partial charge is 0.275 e. The van der Waals surface area contributed by atoms with Crippen LogP contribution in [0.5, 0.6) is 0 Å². The average molecular weight is 217 g/mol. The molecule has 0 aliphatic heterocycles. The zero-order valence-corrected chi connectivity index (χ0v) is 10.2. The molecule has 0 saturated carbocycles. The molecule has 0 aromatic rings. The number of nitrogens with one attached hydrogen (secondary N) is 2. The van der Waals surface area contributed by atoms with Gasteiger partial charge in [0.25, 0.3) is 0 Å². The van der Waals surface area contributed by atoms with Gasteiger partial charge in [-0.2, -0.15) is 5.12 Å². The molecule has 0 spiro atoms. The first-order valence-corrected chi connectivity index (χ1v) is 5.27. The summed E-state index contributed by atoms with van der Waals surface area (Å²) in [4.78, 5) is 11.1. The quantitative estimate of drug-likeness (QED) is 0.355. The van der Waals surface area contributed by atoms with Crippen LogP contribution in [0.1, 0.15) is 34.6 Å². The number of urea groups is 1. The number of rotatable bonds is 5. The van der Waals surface area contributed by atoms with Crippen molar-refractivity contribution < 1.29 is 4.79 Å². The third-order valence-corrected chi connectivity index (χ3v) is 2.00. The molecule has 0 saturated heterocycles. The maximum atomic E-state index is 11.1. The van der Waals surface area contributed by atoms with Crippen molar-refractivity contribution in [3.63, 3.8) is 0 Å². The molecule has 2 amide bonds. The van der Waals surface area contributed by atoms with Crippen molar-refractivity contribution in [1.29, 1.82) is 0 Å². The van der Waals surface area contributed by atoms with Crippen molar-refractivity contribution in [3.8, 4) is 0 Å². The van der Waals surface area contributed by atoms with E-state index >= 15 is 0 Å². The summed E-state index contributed by atoms with van der Waals surface area (Å²) in [5.41, 5.74) is 4.71. The van der Waals surface area contributed by atoms with Crippen LogP contribution >= 0.6 is 0 Å². The third kappa shape index (κ3) is 4.46. The largest absolute Gasteiger partial charge is 0.344 e. The van der Waals surface area contributed by atoms with Gasteiger partial charge in [-0.1, -0.05) is 0 Å². The fraction of sp³-hybridized carbons (Fsp3) is 0.889. The van der Waals surface area contributed by atoms with E-state index in [9.17, 15) is 4.79 Å². The first kappa shape index (κ1) is 14.2. The minimum absolute atomic E-state index is 0.308. The molecule has 15 heavy (non-hydrogen) atoms. The zero-order valence-electron chi connectivity index (χ0n) is 10.2. The van der Waals surface area contributed by atoms with E-state index in [-0.39, 0.29) is 0 Å². The maximum Gasteiger partial charge on any atom is 0.344 e.